The Labute approximate surface area is 80.8 Å². The Bertz CT molecular complexity index is 266. The van der Waals surface area contributed by atoms with Gasteiger partial charge in [0.25, 0.3) is 0 Å². The molecular formula is C7H12N4O3. The van der Waals surface area contributed by atoms with Crippen LogP contribution in [0.1, 0.15) is 19.8 Å². The summed E-state index contributed by atoms with van der Waals surface area (Å²) in [5.41, 5.74) is 4.13. The van der Waals surface area contributed by atoms with E-state index in [0.29, 0.717) is 6.42 Å². The lowest BCUT2D eigenvalue weighted by Crippen LogP contribution is -2.57. The van der Waals surface area contributed by atoms with Gasteiger partial charge in [-0.1, -0.05) is 13.3 Å². The first kappa shape index (κ1) is 10.5. The van der Waals surface area contributed by atoms with Crippen molar-refractivity contribution in [3.05, 3.63) is 12.5 Å². The molecule has 0 aromatic rings. The lowest BCUT2D eigenvalue weighted by atomic mass is 10.1. The van der Waals surface area contributed by atoms with Crippen molar-refractivity contribution in [2.45, 2.75) is 25.4 Å². The Hall–Kier alpha value is -1.63. The van der Waals surface area contributed by atoms with Crippen LogP contribution in [0.25, 0.3) is 0 Å². The number of aliphatic carboxylic acids is 1. The number of carbonyl (C=O) groups is 1. The van der Waals surface area contributed by atoms with Gasteiger partial charge in [0.05, 0.1) is 11.5 Å². The molecule has 0 saturated carbocycles. The number of hydrogen-bond acceptors (Lipinski definition) is 6. The maximum atomic E-state index is 11.0. The monoisotopic (exact) mass is 200 g/mol. The van der Waals surface area contributed by atoms with Gasteiger partial charge < -0.3 is 9.94 Å². The maximum Gasteiger partial charge on any atom is 0.346 e. The molecule has 0 fully saturated rings. The number of hydrogen-bond donors (Lipinski definition) is 2. The van der Waals surface area contributed by atoms with Crippen molar-refractivity contribution in [2.24, 2.45) is 16.2 Å². The van der Waals surface area contributed by atoms with Crippen LogP contribution in [0.15, 0.2) is 23.0 Å². The van der Waals surface area contributed by atoms with Gasteiger partial charge >= 0.3 is 5.97 Å². The Kier molecular flexibility index (Phi) is 3.03. The molecule has 1 aliphatic rings. The first-order valence-electron chi connectivity index (χ1n) is 4.16. The van der Waals surface area contributed by atoms with Crippen molar-refractivity contribution < 1.29 is 14.7 Å². The molecule has 7 heteroatoms. The van der Waals surface area contributed by atoms with E-state index in [9.17, 15) is 4.79 Å². The van der Waals surface area contributed by atoms with Gasteiger partial charge in [-0.25, -0.2) is 9.80 Å². The Morgan fingerprint density at radius 2 is 2.50 bits per heavy atom. The largest absolute Gasteiger partial charge is 0.478 e. The number of nitrogens with zero attached hydrogens (tertiary/aromatic N) is 3. The number of carboxylic acid groups (broad SMARTS) is 1. The quantitative estimate of drug-likeness (QED) is 0.692. The van der Waals surface area contributed by atoms with Gasteiger partial charge in [0.2, 0.25) is 5.66 Å². The first-order chi connectivity index (χ1) is 6.61. The molecule has 1 atom stereocenters. The average Bonchev–Trinajstić information content (AvgIpc) is 2.19. The van der Waals surface area contributed by atoms with Crippen LogP contribution in [-0.4, -0.2) is 21.7 Å². The third-order valence-electron chi connectivity index (χ3n) is 1.85. The van der Waals surface area contributed by atoms with Gasteiger partial charge in [-0.2, -0.15) is 0 Å². The van der Waals surface area contributed by atoms with Crippen LogP contribution in [0.4, 0.5) is 0 Å². The van der Waals surface area contributed by atoms with E-state index in [1.165, 1.54) is 12.5 Å². The summed E-state index contributed by atoms with van der Waals surface area (Å²) >= 11 is 0. The highest BCUT2D eigenvalue weighted by atomic mass is 16.6. The van der Waals surface area contributed by atoms with Crippen molar-refractivity contribution in [2.75, 3.05) is 0 Å². The number of carboxylic acids is 1. The molecular weight excluding hydrogens is 188 g/mol. The molecule has 0 radical (unpaired) electrons. The zero-order valence-corrected chi connectivity index (χ0v) is 7.75. The van der Waals surface area contributed by atoms with Gasteiger partial charge in [0, 0.05) is 0 Å². The zero-order chi connectivity index (χ0) is 10.6. The molecule has 78 valence electrons. The predicted molar refractivity (Wildman–Crippen MR) is 46.4 cm³/mol. The second kappa shape index (κ2) is 4.05. The summed E-state index contributed by atoms with van der Waals surface area (Å²) in [6, 6.07) is 0. The molecule has 7 nitrogen and oxygen atoms in total. The minimum Gasteiger partial charge on any atom is -0.478 e. The fraction of sp³-hybridized carbons (Fsp3) is 0.571. The highest BCUT2D eigenvalue weighted by molar-refractivity contribution is 5.77. The van der Waals surface area contributed by atoms with Crippen LogP contribution in [0.3, 0.4) is 0 Å². The van der Waals surface area contributed by atoms with E-state index < -0.39 is 11.6 Å². The van der Waals surface area contributed by atoms with Crippen molar-refractivity contribution in [1.82, 2.24) is 5.01 Å². The topological polar surface area (TPSA) is 101 Å². The molecule has 0 aliphatic carbocycles. The van der Waals surface area contributed by atoms with E-state index in [4.69, 9.17) is 10.8 Å². The molecule has 0 aromatic heterocycles. The summed E-state index contributed by atoms with van der Waals surface area (Å²) in [6.45, 7) is 1.84. The molecule has 1 rings (SSSR count). The van der Waals surface area contributed by atoms with E-state index >= 15 is 0 Å². The van der Waals surface area contributed by atoms with Gasteiger partial charge in [0.15, 0.2) is 0 Å². The molecule has 3 N–H and O–H groups in total. The van der Waals surface area contributed by atoms with E-state index in [1.54, 1.807) is 0 Å². The molecule has 1 aliphatic heterocycles. The second-order valence-corrected chi connectivity index (χ2v) is 2.89. The maximum absolute atomic E-state index is 11.0. The van der Waals surface area contributed by atoms with E-state index in [-0.39, 0.29) is 6.42 Å². The predicted octanol–water partition coefficient (Wildman–Crippen LogP) is 0.612. The van der Waals surface area contributed by atoms with E-state index in [0.717, 1.165) is 5.01 Å². The molecule has 1 heterocycles. The van der Waals surface area contributed by atoms with Gasteiger partial charge in [0.1, 0.15) is 6.26 Å². The average molecular weight is 200 g/mol. The van der Waals surface area contributed by atoms with Crippen molar-refractivity contribution in [3.8, 4) is 0 Å². The molecule has 0 amide bonds. The highest BCUT2D eigenvalue weighted by Crippen LogP contribution is 2.19. The van der Waals surface area contributed by atoms with Crippen LogP contribution in [-0.2, 0) is 9.63 Å². The lowest BCUT2D eigenvalue weighted by Gasteiger charge is -2.31. The summed E-state index contributed by atoms with van der Waals surface area (Å²) in [7, 11) is 0. The fourth-order valence-corrected chi connectivity index (χ4v) is 1.12. The summed E-state index contributed by atoms with van der Waals surface area (Å²) < 4.78 is 0. The summed E-state index contributed by atoms with van der Waals surface area (Å²) in [6.07, 6.45) is 3.44. The molecule has 1 unspecified atom stereocenters. The molecule has 14 heavy (non-hydrogen) atoms. The van der Waals surface area contributed by atoms with Crippen molar-refractivity contribution >= 4 is 5.97 Å². The van der Waals surface area contributed by atoms with Crippen molar-refractivity contribution in [1.29, 1.82) is 0 Å². The van der Waals surface area contributed by atoms with Gasteiger partial charge in [-0.05, 0) is 11.6 Å². The minimum atomic E-state index is -1.56. The smallest absolute Gasteiger partial charge is 0.346 e. The molecule has 0 aromatic carbocycles. The Morgan fingerprint density at radius 3 is 2.93 bits per heavy atom. The molecule has 0 bridgehead atoms. The van der Waals surface area contributed by atoms with E-state index in [1.807, 2.05) is 6.92 Å². The molecule has 0 saturated heterocycles. The highest BCUT2D eigenvalue weighted by Gasteiger charge is 2.39. The summed E-state index contributed by atoms with van der Waals surface area (Å²) in [5.74, 6) is -1.15. The Morgan fingerprint density at radius 1 is 1.79 bits per heavy atom. The number of rotatable bonds is 4. The minimum absolute atomic E-state index is 0.270. The third kappa shape index (κ3) is 1.82. The van der Waals surface area contributed by atoms with Gasteiger partial charge in [-0.3, -0.25) is 5.73 Å². The fourth-order valence-electron chi connectivity index (χ4n) is 1.12. The van der Waals surface area contributed by atoms with E-state index in [2.05, 4.69) is 15.3 Å². The number of nitrogens with two attached hydrogens (primary N) is 1. The summed E-state index contributed by atoms with van der Waals surface area (Å²) in [5, 5.41) is 16.7. The van der Waals surface area contributed by atoms with Crippen LogP contribution in [0.2, 0.25) is 0 Å². The molecule has 0 spiro atoms. The SMILES string of the molecule is CCCC(N)(C(=O)O)N1C=CON=N1. The van der Waals surface area contributed by atoms with Crippen LogP contribution >= 0.6 is 0 Å². The zero-order valence-electron chi connectivity index (χ0n) is 7.75. The summed E-state index contributed by atoms with van der Waals surface area (Å²) in [4.78, 5) is 15.4. The van der Waals surface area contributed by atoms with Crippen LogP contribution in [0, 0.1) is 0 Å². The third-order valence-corrected chi connectivity index (χ3v) is 1.85. The van der Waals surface area contributed by atoms with Gasteiger partial charge in [-0.15, -0.1) is 0 Å². The second-order valence-electron chi connectivity index (χ2n) is 2.89. The van der Waals surface area contributed by atoms with Crippen molar-refractivity contribution in [3.63, 3.8) is 0 Å². The van der Waals surface area contributed by atoms with Crippen LogP contribution < -0.4 is 5.73 Å². The Balaban J connectivity index is 2.85. The first-order valence-corrected chi connectivity index (χ1v) is 4.16. The lowest BCUT2D eigenvalue weighted by molar-refractivity contribution is -0.151. The normalized spacial score (nSPS) is 18.9. The van der Waals surface area contributed by atoms with Crippen LogP contribution in [0.5, 0.6) is 0 Å². The standard InChI is InChI=1S/C7H12N4O3/c1-2-3-7(8,6(12)13)11-4-5-14-10-9-11/h4-5H,2-3,8H2,1H3,(H,12,13).